The molecule has 2 aromatic rings. The molecule has 0 radical (unpaired) electrons. The lowest BCUT2D eigenvalue weighted by molar-refractivity contribution is -0.137. The molecule has 5 nitrogen and oxygen atoms in total. The molecule has 3 rings (SSSR count). The molecule has 1 N–H and O–H groups in total. The van der Waals surface area contributed by atoms with Crippen molar-refractivity contribution in [1.82, 2.24) is 10.1 Å². The minimum atomic E-state index is -0.798. The summed E-state index contributed by atoms with van der Waals surface area (Å²) in [5.74, 6) is 0.672. The molecule has 98 valence electrons. The predicted molar refractivity (Wildman–Crippen MR) is 66.9 cm³/mol. The smallest absolute Gasteiger partial charge is 0.303 e. The summed E-state index contributed by atoms with van der Waals surface area (Å²) >= 11 is 0. The van der Waals surface area contributed by atoms with E-state index in [1.807, 2.05) is 12.1 Å². The highest BCUT2D eigenvalue weighted by atomic mass is 16.5. The second-order valence-corrected chi connectivity index (χ2v) is 4.75. The Morgan fingerprint density at radius 2 is 2.26 bits per heavy atom. The van der Waals surface area contributed by atoms with Gasteiger partial charge in [-0.1, -0.05) is 29.4 Å². The Morgan fingerprint density at radius 3 is 3.05 bits per heavy atom. The van der Waals surface area contributed by atoms with Crippen LogP contribution in [0.4, 0.5) is 0 Å². The first-order valence-corrected chi connectivity index (χ1v) is 6.36. The van der Waals surface area contributed by atoms with Gasteiger partial charge >= 0.3 is 5.97 Å². The second-order valence-electron chi connectivity index (χ2n) is 4.75. The van der Waals surface area contributed by atoms with Gasteiger partial charge in [-0.2, -0.15) is 4.98 Å². The molecular formula is C14H14N2O3. The van der Waals surface area contributed by atoms with E-state index in [2.05, 4.69) is 22.3 Å². The zero-order valence-electron chi connectivity index (χ0n) is 10.4. The minimum Gasteiger partial charge on any atom is -0.481 e. The number of carbonyl (C=O) groups is 1. The van der Waals surface area contributed by atoms with Crippen LogP contribution in [0.2, 0.25) is 0 Å². The number of rotatable bonds is 5. The van der Waals surface area contributed by atoms with E-state index in [4.69, 9.17) is 9.63 Å². The number of fused-ring (bicyclic) bond motifs is 1. The monoisotopic (exact) mass is 258 g/mol. The zero-order chi connectivity index (χ0) is 13.2. The Bertz CT molecular complexity index is 606. The highest BCUT2D eigenvalue weighted by molar-refractivity contribution is 5.66. The lowest BCUT2D eigenvalue weighted by Gasteiger charge is -2.27. The largest absolute Gasteiger partial charge is 0.481 e. The van der Waals surface area contributed by atoms with Crippen LogP contribution in [0, 0.1) is 0 Å². The number of carboxylic acids is 1. The van der Waals surface area contributed by atoms with E-state index < -0.39 is 5.97 Å². The number of aryl methyl sites for hydroxylation is 1. The van der Waals surface area contributed by atoms with Gasteiger partial charge in [-0.3, -0.25) is 4.79 Å². The molecule has 1 aliphatic rings. The SMILES string of the molecule is O=C(O)CCCc1nc(C2Cc3ccccc32)no1. The van der Waals surface area contributed by atoms with Gasteiger partial charge in [0.05, 0.1) is 5.92 Å². The summed E-state index contributed by atoms with van der Waals surface area (Å²) in [5.41, 5.74) is 2.60. The summed E-state index contributed by atoms with van der Waals surface area (Å²) in [6.07, 6.45) is 2.13. The molecule has 1 aromatic heterocycles. The van der Waals surface area contributed by atoms with Crippen LogP contribution in [0.15, 0.2) is 28.8 Å². The van der Waals surface area contributed by atoms with E-state index in [9.17, 15) is 4.79 Å². The zero-order valence-corrected chi connectivity index (χ0v) is 10.4. The van der Waals surface area contributed by atoms with Crippen LogP contribution in [-0.4, -0.2) is 21.2 Å². The average Bonchev–Trinajstić information content (AvgIpc) is 2.79. The van der Waals surface area contributed by atoms with Gasteiger partial charge in [0.25, 0.3) is 0 Å². The quantitative estimate of drug-likeness (QED) is 0.889. The number of aromatic nitrogens is 2. The molecular weight excluding hydrogens is 244 g/mol. The van der Waals surface area contributed by atoms with Crippen molar-refractivity contribution < 1.29 is 14.4 Å². The van der Waals surface area contributed by atoms with Crippen LogP contribution in [0.5, 0.6) is 0 Å². The second kappa shape index (κ2) is 4.84. The van der Waals surface area contributed by atoms with E-state index in [0.29, 0.717) is 24.6 Å². The third-order valence-electron chi connectivity index (χ3n) is 3.43. The van der Waals surface area contributed by atoms with Crippen molar-refractivity contribution in [3.05, 3.63) is 47.1 Å². The van der Waals surface area contributed by atoms with Crippen LogP contribution >= 0.6 is 0 Å². The van der Waals surface area contributed by atoms with Gasteiger partial charge in [-0.15, -0.1) is 0 Å². The molecule has 1 heterocycles. The molecule has 0 bridgehead atoms. The Hall–Kier alpha value is -2.17. The lowest BCUT2D eigenvalue weighted by Crippen LogP contribution is -2.19. The molecule has 0 aliphatic heterocycles. The number of aliphatic carboxylic acids is 1. The fraction of sp³-hybridized carbons (Fsp3) is 0.357. The van der Waals surface area contributed by atoms with E-state index in [1.165, 1.54) is 11.1 Å². The number of benzene rings is 1. The van der Waals surface area contributed by atoms with Crippen molar-refractivity contribution in [1.29, 1.82) is 0 Å². The Balaban J connectivity index is 1.65. The Labute approximate surface area is 110 Å². The number of nitrogens with zero attached hydrogens (tertiary/aromatic N) is 2. The highest BCUT2D eigenvalue weighted by Gasteiger charge is 2.30. The van der Waals surface area contributed by atoms with Gasteiger partial charge in [0.1, 0.15) is 0 Å². The minimum absolute atomic E-state index is 0.129. The number of carboxylic acid groups (broad SMARTS) is 1. The van der Waals surface area contributed by atoms with Crippen LogP contribution in [0.25, 0.3) is 0 Å². The summed E-state index contributed by atoms with van der Waals surface area (Å²) < 4.78 is 5.16. The van der Waals surface area contributed by atoms with E-state index in [-0.39, 0.29) is 12.3 Å². The van der Waals surface area contributed by atoms with Crippen molar-refractivity contribution >= 4 is 5.97 Å². The van der Waals surface area contributed by atoms with Gasteiger partial charge in [0, 0.05) is 12.8 Å². The average molecular weight is 258 g/mol. The van der Waals surface area contributed by atoms with E-state index in [0.717, 1.165) is 6.42 Å². The van der Waals surface area contributed by atoms with Gasteiger partial charge in [0.2, 0.25) is 5.89 Å². The topological polar surface area (TPSA) is 76.2 Å². The van der Waals surface area contributed by atoms with Crippen molar-refractivity contribution in [3.63, 3.8) is 0 Å². The van der Waals surface area contributed by atoms with Gasteiger partial charge < -0.3 is 9.63 Å². The highest BCUT2D eigenvalue weighted by Crippen LogP contribution is 2.38. The van der Waals surface area contributed by atoms with Crippen molar-refractivity contribution in [2.24, 2.45) is 0 Å². The van der Waals surface area contributed by atoms with Crippen LogP contribution < -0.4 is 0 Å². The van der Waals surface area contributed by atoms with E-state index in [1.54, 1.807) is 0 Å². The fourth-order valence-corrected chi connectivity index (χ4v) is 2.39. The first-order chi connectivity index (χ1) is 9.24. The van der Waals surface area contributed by atoms with Gasteiger partial charge in [-0.05, 0) is 24.0 Å². The van der Waals surface area contributed by atoms with Gasteiger partial charge in [-0.25, -0.2) is 0 Å². The summed E-state index contributed by atoms with van der Waals surface area (Å²) in [5, 5.41) is 12.6. The molecule has 1 unspecified atom stereocenters. The lowest BCUT2D eigenvalue weighted by atomic mass is 9.77. The maximum absolute atomic E-state index is 10.4. The molecule has 0 saturated carbocycles. The summed E-state index contributed by atoms with van der Waals surface area (Å²) in [6.45, 7) is 0. The molecule has 0 saturated heterocycles. The third kappa shape index (κ3) is 2.36. The van der Waals surface area contributed by atoms with E-state index >= 15 is 0 Å². The molecule has 0 amide bonds. The molecule has 19 heavy (non-hydrogen) atoms. The molecule has 1 aromatic carbocycles. The van der Waals surface area contributed by atoms with Crippen molar-refractivity contribution in [2.45, 2.75) is 31.6 Å². The normalized spacial score (nSPS) is 16.7. The summed E-state index contributed by atoms with van der Waals surface area (Å²) in [4.78, 5) is 14.8. The summed E-state index contributed by atoms with van der Waals surface area (Å²) in [6, 6.07) is 8.24. The van der Waals surface area contributed by atoms with Crippen molar-refractivity contribution in [3.8, 4) is 0 Å². The first kappa shape index (κ1) is 11.9. The van der Waals surface area contributed by atoms with Crippen LogP contribution in [0.3, 0.4) is 0 Å². The maximum Gasteiger partial charge on any atom is 0.303 e. The number of hydrogen-bond donors (Lipinski definition) is 1. The molecule has 0 fully saturated rings. The standard InChI is InChI=1S/C14H14N2O3/c17-13(18)7-3-6-12-15-14(16-19-12)11-8-9-4-1-2-5-10(9)11/h1-2,4-5,11H,3,6-8H2,(H,17,18). The molecule has 5 heteroatoms. The van der Waals surface area contributed by atoms with Crippen LogP contribution in [0.1, 0.15) is 41.6 Å². The fourth-order valence-electron chi connectivity index (χ4n) is 2.39. The molecule has 1 aliphatic carbocycles. The Kier molecular flexibility index (Phi) is 3.03. The van der Waals surface area contributed by atoms with Gasteiger partial charge in [0.15, 0.2) is 5.82 Å². The Morgan fingerprint density at radius 1 is 1.42 bits per heavy atom. The first-order valence-electron chi connectivity index (χ1n) is 6.36. The maximum atomic E-state index is 10.4. The third-order valence-corrected chi connectivity index (χ3v) is 3.43. The van der Waals surface area contributed by atoms with Crippen molar-refractivity contribution in [2.75, 3.05) is 0 Å². The molecule has 1 atom stereocenters. The summed E-state index contributed by atoms with van der Waals surface area (Å²) in [7, 11) is 0. The van der Waals surface area contributed by atoms with Crippen LogP contribution in [-0.2, 0) is 17.6 Å². The number of hydrogen-bond acceptors (Lipinski definition) is 4. The predicted octanol–water partition coefficient (Wildman–Crippen LogP) is 2.16. The molecule has 0 spiro atoms.